The zero-order valence-corrected chi connectivity index (χ0v) is 8.01. The van der Waals surface area contributed by atoms with Crippen molar-refractivity contribution in [3.05, 3.63) is 0 Å². The molecule has 72 valence electrons. The Hall–Kier alpha value is -0.120. The molecule has 1 N–H and O–H groups in total. The molecule has 1 rings (SSSR count). The average Bonchev–Trinajstić information content (AvgIpc) is 2.00. The Morgan fingerprint density at radius 1 is 1.42 bits per heavy atom. The highest BCUT2D eigenvalue weighted by Crippen LogP contribution is 2.21. The molecule has 0 aromatic carbocycles. The van der Waals surface area contributed by atoms with Crippen molar-refractivity contribution in [1.29, 1.82) is 0 Å². The Bertz CT molecular complexity index is 115. The monoisotopic (exact) mass is 173 g/mol. The summed E-state index contributed by atoms with van der Waals surface area (Å²) in [5, 5.41) is 3.16. The maximum absolute atomic E-state index is 5.64. The van der Waals surface area contributed by atoms with Crippen molar-refractivity contribution in [3.63, 3.8) is 0 Å². The lowest BCUT2D eigenvalue weighted by Crippen LogP contribution is -2.37. The third-order valence-corrected chi connectivity index (χ3v) is 2.36. The van der Waals surface area contributed by atoms with Crippen molar-refractivity contribution in [2.75, 3.05) is 27.4 Å². The SMILES string of the molecule is CNC(COC)COC1CCC1. The summed E-state index contributed by atoms with van der Waals surface area (Å²) in [5.41, 5.74) is 0. The lowest BCUT2D eigenvalue weighted by atomic mass is 9.96. The van der Waals surface area contributed by atoms with E-state index in [1.807, 2.05) is 7.05 Å². The van der Waals surface area contributed by atoms with Crippen molar-refractivity contribution in [3.8, 4) is 0 Å². The van der Waals surface area contributed by atoms with Crippen LogP contribution in [0.1, 0.15) is 19.3 Å². The van der Waals surface area contributed by atoms with Crippen LogP contribution in [0.15, 0.2) is 0 Å². The highest BCUT2D eigenvalue weighted by atomic mass is 16.5. The van der Waals surface area contributed by atoms with E-state index in [4.69, 9.17) is 9.47 Å². The van der Waals surface area contributed by atoms with Gasteiger partial charge in [-0.3, -0.25) is 0 Å². The number of likely N-dealkylation sites (N-methyl/N-ethyl adjacent to an activating group) is 1. The number of rotatable bonds is 6. The van der Waals surface area contributed by atoms with Crippen LogP contribution >= 0.6 is 0 Å². The maximum Gasteiger partial charge on any atom is 0.0645 e. The number of hydrogen-bond acceptors (Lipinski definition) is 3. The van der Waals surface area contributed by atoms with Crippen LogP contribution in [0.2, 0.25) is 0 Å². The summed E-state index contributed by atoms with van der Waals surface area (Å²) in [6, 6.07) is 0.343. The molecule has 3 nitrogen and oxygen atoms in total. The molecular formula is C9H19NO2. The lowest BCUT2D eigenvalue weighted by Gasteiger charge is -2.27. The van der Waals surface area contributed by atoms with Gasteiger partial charge in [0.25, 0.3) is 0 Å². The van der Waals surface area contributed by atoms with Crippen molar-refractivity contribution in [1.82, 2.24) is 5.32 Å². The topological polar surface area (TPSA) is 30.5 Å². The van der Waals surface area contributed by atoms with Gasteiger partial charge in [0.2, 0.25) is 0 Å². The molecule has 0 heterocycles. The van der Waals surface area contributed by atoms with E-state index >= 15 is 0 Å². The Labute approximate surface area is 74.4 Å². The van der Waals surface area contributed by atoms with Crippen LogP contribution in [0, 0.1) is 0 Å². The normalized spacial score (nSPS) is 20.5. The minimum Gasteiger partial charge on any atom is -0.383 e. The van der Waals surface area contributed by atoms with E-state index in [0.29, 0.717) is 12.1 Å². The highest BCUT2D eigenvalue weighted by Gasteiger charge is 2.19. The number of ether oxygens (including phenoxy) is 2. The first-order valence-electron chi connectivity index (χ1n) is 4.64. The molecule has 0 saturated heterocycles. The third-order valence-electron chi connectivity index (χ3n) is 2.36. The first-order chi connectivity index (χ1) is 5.86. The van der Waals surface area contributed by atoms with Crippen LogP contribution in [0.5, 0.6) is 0 Å². The van der Waals surface area contributed by atoms with E-state index in [9.17, 15) is 0 Å². The summed E-state index contributed by atoms with van der Waals surface area (Å²) in [4.78, 5) is 0. The molecule has 1 atom stereocenters. The Kier molecular flexibility index (Phi) is 4.58. The van der Waals surface area contributed by atoms with Crippen molar-refractivity contribution in [2.45, 2.75) is 31.4 Å². The second-order valence-electron chi connectivity index (χ2n) is 3.33. The molecule has 1 aliphatic rings. The van der Waals surface area contributed by atoms with E-state index in [1.165, 1.54) is 19.3 Å². The van der Waals surface area contributed by atoms with Gasteiger partial charge in [0.05, 0.1) is 25.4 Å². The molecule has 0 bridgehead atoms. The van der Waals surface area contributed by atoms with Crippen LogP contribution in [-0.2, 0) is 9.47 Å². The van der Waals surface area contributed by atoms with Crippen molar-refractivity contribution in [2.24, 2.45) is 0 Å². The number of nitrogens with one attached hydrogen (secondary N) is 1. The maximum atomic E-state index is 5.64. The molecule has 12 heavy (non-hydrogen) atoms. The molecule has 3 heteroatoms. The molecular weight excluding hydrogens is 154 g/mol. The van der Waals surface area contributed by atoms with E-state index in [2.05, 4.69) is 5.32 Å². The molecule has 0 aromatic rings. The van der Waals surface area contributed by atoms with Gasteiger partial charge in [-0.25, -0.2) is 0 Å². The predicted octanol–water partition coefficient (Wildman–Crippen LogP) is 0.790. The van der Waals surface area contributed by atoms with E-state index < -0.39 is 0 Å². The van der Waals surface area contributed by atoms with Gasteiger partial charge >= 0.3 is 0 Å². The first kappa shape index (κ1) is 9.96. The van der Waals surface area contributed by atoms with Gasteiger partial charge in [0, 0.05) is 7.11 Å². The van der Waals surface area contributed by atoms with Gasteiger partial charge in [-0.05, 0) is 26.3 Å². The van der Waals surface area contributed by atoms with E-state index in [-0.39, 0.29) is 0 Å². The minimum absolute atomic E-state index is 0.343. The molecule has 1 unspecified atom stereocenters. The van der Waals surface area contributed by atoms with Gasteiger partial charge in [-0.1, -0.05) is 0 Å². The molecule has 1 fully saturated rings. The third kappa shape index (κ3) is 3.09. The molecule has 1 aliphatic carbocycles. The second-order valence-corrected chi connectivity index (χ2v) is 3.33. The lowest BCUT2D eigenvalue weighted by molar-refractivity contribution is -0.0172. The number of methoxy groups -OCH3 is 1. The fourth-order valence-electron chi connectivity index (χ4n) is 1.21. The predicted molar refractivity (Wildman–Crippen MR) is 48.3 cm³/mol. The second kappa shape index (κ2) is 5.51. The average molecular weight is 173 g/mol. The van der Waals surface area contributed by atoms with Crippen LogP contribution < -0.4 is 5.32 Å². The highest BCUT2D eigenvalue weighted by molar-refractivity contribution is 4.71. The minimum atomic E-state index is 0.343. The standard InChI is InChI=1S/C9H19NO2/c1-10-8(6-11-2)7-12-9-4-3-5-9/h8-10H,3-7H2,1-2H3. The quantitative estimate of drug-likeness (QED) is 0.644. The number of hydrogen-bond donors (Lipinski definition) is 1. The summed E-state index contributed by atoms with van der Waals surface area (Å²) >= 11 is 0. The van der Waals surface area contributed by atoms with Crippen LogP contribution in [0.25, 0.3) is 0 Å². The summed E-state index contributed by atoms with van der Waals surface area (Å²) in [5.74, 6) is 0. The molecule has 0 radical (unpaired) electrons. The van der Waals surface area contributed by atoms with E-state index in [0.717, 1.165) is 13.2 Å². The van der Waals surface area contributed by atoms with Crippen LogP contribution in [-0.4, -0.2) is 39.5 Å². The summed E-state index contributed by atoms with van der Waals surface area (Å²) in [7, 11) is 3.65. The Balaban J connectivity index is 2.01. The summed E-state index contributed by atoms with van der Waals surface area (Å²) in [6.07, 6.45) is 4.34. The zero-order valence-electron chi connectivity index (χ0n) is 8.01. The van der Waals surface area contributed by atoms with Crippen molar-refractivity contribution < 1.29 is 9.47 Å². The Morgan fingerprint density at radius 2 is 2.17 bits per heavy atom. The molecule has 0 amide bonds. The van der Waals surface area contributed by atoms with Gasteiger partial charge in [-0.15, -0.1) is 0 Å². The molecule has 1 saturated carbocycles. The summed E-state index contributed by atoms with van der Waals surface area (Å²) in [6.45, 7) is 1.50. The first-order valence-corrected chi connectivity index (χ1v) is 4.64. The summed E-state index contributed by atoms with van der Waals surface area (Å²) < 4.78 is 10.7. The smallest absolute Gasteiger partial charge is 0.0645 e. The van der Waals surface area contributed by atoms with Crippen LogP contribution in [0.3, 0.4) is 0 Å². The molecule has 0 aliphatic heterocycles. The van der Waals surface area contributed by atoms with Gasteiger partial charge in [-0.2, -0.15) is 0 Å². The van der Waals surface area contributed by atoms with Crippen molar-refractivity contribution >= 4 is 0 Å². The van der Waals surface area contributed by atoms with E-state index in [1.54, 1.807) is 7.11 Å². The fraction of sp³-hybridized carbons (Fsp3) is 1.00. The van der Waals surface area contributed by atoms with Crippen LogP contribution in [0.4, 0.5) is 0 Å². The Morgan fingerprint density at radius 3 is 2.58 bits per heavy atom. The van der Waals surface area contributed by atoms with Gasteiger partial charge < -0.3 is 14.8 Å². The largest absolute Gasteiger partial charge is 0.383 e. The zero-order chi connectivity index (χ0) is 8.81. The molecule has 0 spiro atoms. The molecule has 0 aromatic heterocycles. The van der Waals surface area contributed by atoms with Gasteiger partial charge in [0.15, 0.2) is 0 Å². The van der Waals surface area contributed by atoms with Gasteiger partial charge in [0.1, 0.15) is 0 Å². The fourth-order valence-corrected chi connectivity index (χ4v) is 1.21.